The molecule has 0 saturated heterocycles. The molecule has 0 spiro atoms. The molecule has 0 radical (unpaired) electrons. The highest BCUT2D eigenvalue weighted by molar-refractivity contribution is 7.99. The molecule has 4 nitrogen and oxygen atoms in total. The van der Waals surface area contributed by atoms with Crippen LogP contribution in [0, 0.1) is 6.92 Å². The maximum Gasteiger partial charge on any atom is 0.244 e. The molecular formula is C24H22N2O2S. The number of amides is 2. The molecule has 146 valence electrons. The molecule has 2 amide bonds. The van der Waals surface area contributed by atoms with E-state index in [2.05, 4.69) is 5.32 Å². The number of para-hydroxylation sites is 2. The van der Waals surface area contributed by atoms with Gasteiger partial charge in [-0.05, 0) is 36.2 Å². The zero-order valence-corrected chi connectivity index (χ0v) is 17.0. The quantitative estimate of drug-likeness (QED) is 0.652. The van der Waals surface area contributed by atoms with Gasteiger partial charge in [0.15, 0.2) is 0 Å². The van der Waals surface area contributed by atoms with Gasteiger partial charge < -0.3 is 10.2 Å². The molecular weight excluding hydrogens is 380 g/mol. The third-order valence-electron chi connectivity index (χ3n) is 4.98. The maximum absolute atomic E-state index is 13.1. The molecule has 0 aromatic heterocycles. The van der Waals surface area contributed by atoms with Gasteiger partial charge in [-0.1, -0.05) is 60.7 Å². The minimum atomic E-state index is -0.203. The van der Waals surface area contributed by atoms with Crippen molar-refractivity contribution in [2.45, 2.75) is 23.5 Å². The lowest BCUT2D eigenvalue weighted by molar-refractivity contribution is -0.121. The highest BCUT2D eigenvalue weighted by Gasteiger charge is 2.30. The van der Waals surface area contributed by atoms with Gasteiger partial charge in [-0.15, -0.1) is 11.8 Å². The first-order valence-corrected chi connectivity index (χ1v) is 10.5. The molecule has 29 heavy (non-hydrogen) atoms. The molecule has 5 heteroatoms. The summed E-state index contributed by atoms with van der Waals surface area (Å²) in [5.74, 6) is -0.248. The minimum absolute atomic E-state index is 0.00769. The van der Waals surface area contributed by atoms with Crippen molar-refractivity contribution in [1.29, 1.82) is 0 Å². The molecule has 0 unspecified atom stereocenters. The SMILES string of the molecule is Cc1ccccc1NC(=O)CN1C(=O)C[C@@H](c2ccccc2)Sc2ccccc21. The van der Waals surface area contributed by atoms with Gasteiger partial charge in [-0.25, -0.2) is 0 Å². The molecule has 1 N–H and O–H groups in total. The van der Waals surface area contributed by atoms with Crippen LogP contribution in [0.25, 0.3) is 0 Å². The summed E-state index contributed by atoms with van der Waals surface area (Å²) >= 11 is 1.68. The Bertz CT molecular complexity index is 1040. The Morgan fingerprint density at radius 1 is 1.00 bits per heavy atom. The van der Waals surface area contributed by atoms with Gasteiger partial charge in [-0.2, -0.15) is 0 Å². The standard InChI is InChI=1S/C24H22N2O2S/c1-17-9-5-6-12-19(17)25-23(27)16-26-20-13-7-8-14-21(20)29-22(15-24(26)28)18-10-3-2-4-11-18/h2-14,22H,15-16H2,1H3,(H,25,27)/t22-/m0/s1. The fraction of sp³-hybridized carbons (Fsp3) is 0.167. The lowest BCUT2D eigenvalue weighted by atomic mass is 10.1. The number of aryl methyl sites for hydroxylation is 1. The molecule has 0 aliphatic carbocycles. The van der Waals surface area contributed by atoms with E-state index in [1.54, 1.807) is 16.7 Å². The number of fused-ring (bicyclic) bond motifs is 1. The van der Waals surface area contributed by atoms with E-state index in [0.717, 1.165) is 27.4 Å². The normalized spacial score (nSPS) is 16.1. The van der Waals surface area contributed by atoms with Gasteiger partial charge in [0.2, 0.25) is 11.8 Å². The first-order valence-electron chi connectivity index (χ1n) is 9.58. The van der Waals surface area contributed by atoms with Crippen molar-refractivity contribution in [3.05, 3.63) is 90.0 Å². The zero-order valence-electron chi connectivity index (χ0n) is 16.2. The van der Waals surface area contributed by atoms with Crippen LogP contribution in [0.1, 0.15) is 22.8 Å². The summed E-state index contributed by atoms with van der Waals surface area (Å²) in [6, 6.07) is 25.5. The van der Waals surface area contributed by atoms with Crippen molar-refractivity contribution in [2.24, 2.45) is 0 Å². The summed E-state index contributed by atoms with van der Waals surface area (Å²) in [6.07, 6.45) is 0.348. The molecule has 0 saturated carbocycles. The van der Waals surface area contributed by atoms with Crippen LogP contribution in [-0.2, 0) is 9.59 Å². The van der Waals surface area contributed by atoms with Gasteiger partial charge in [-0.3, -0.25) is 9.59 Å². The largest absolute Gasteiger partial charge is 0.324 e. The van der Waals surface area contributed by atoms with E-state index >= 15 is 0 Å². The van der Waals surface area contributed by atoms with Crippen LogP contribution < -0.4 is 10.2 Å². The molecule has 0 fully saturated rings. The first-order chi connectivity index (χ1) is 14.1. The van der Waals surface area contributed by atoms with E-state index in [0.29, 0.717) is 6.42 Å². The van der Waals surface area contributed by atoms with E-state index in [4.69, 9.17) is 0 Å². The predicted octanol–water partition coefficient (Wildman–Crippen LogP) is 5.20. The molecule has 0 bridgehead atoms. The molecule has 1 aliphatic heterocycles. The summed E-state index contributed by atoms with van der Waals surface area (Å²) in [5.41, 5.74) is 3.67. The third-order valence-corrected chi connectivity index (χ3v) is 6.30. The van der Waals surface area contributed by atoms with Gasteiger partial charge >= 0.3 is 0 Å². The number of rotatable bonds is 4. The zero-order chi connectivity index (χ0) is 20.2. The summed E-state index contributed by atoms with van der Waals surface area (Å²) in [4.78, 5) is 28.5. The van der Waals surface area contributed by atoms with Gasteiger partial charge in [0.25, 0.3) is 0 Å². The number of nitrogens with zero attached hydrogens (tertiary/aromatic N) is 1. The number of hydrogen-bond donors (Lipinski definition) is 1. The number of benzene rings is 3. The van der Waals surface area contributed by atoms with Crippen molar-refractivity contribution in [3.63, 3.8) is 0 Å². The molecule has 1 aliphatic rings. The summed E-state index contributed by atoms with van der Waals surface area (Å²) in [6.45, 7) is 1.94. The van der Waals surface area contributed by atoms with Crippen molar-refractivity contribution >= 4 is 35.0 Å². The highest BCUT2D eigenvalue weighted by atomic mass is 32.2. The topological polar surface area (TPSA) is 49.4 Å². The van der Waals surface area contributed by atoms with Crippen LogP contribution >= 0.6 is 11.8 Å². The second-order valence-corrected chi connectivity index (χ2v) is 8.28. The predicted molar refractivity (Wildman–Crippen MR) is 118 cm³/mol. The molecule has 1 atom stereocenters. The maximum atomic E-state index is 13.1. The highest BCUT2D eigenvalue weighted by Crippen LogP contribution is 2.45. The van der Waals surface area contributed by atoms with E-state index in [1.165, 1.54) is 0 Å². The smallest absolute Gasteiger partial charge is 0.244 e. The Morgan fingerprint density at radius 2 is 1.69 bits per heavy atom. The van der Waals surface area contributed by atoms with Crippen molar-refractivity contribution in [1.82, 2.24) is 0 Å². The Hall–Kier alpha value is -3.05. The van der Waals surface area contributed by atoms with Gasteiger partial charge in [0.1, 0.15) is 6.54 Å². The summed E-state index contributed by atoms with van der Waals surface area (Å²) < 4.78 is 0. The van der Waals surface area contributed by atoms with Gasteiger partial charge in [0.05, 0.1) is 5.69 Å². The van der Waals surface area contributed by atoms with Crippen LogP contribution in [0.5, 0.6) is 0 Å². The third kappa shape index (κ3) is 4.35. The summed E-state index contributed by atoms with van der Waals surface area (Å²) in [7, 11) is 0. The monoisotopic (exact) mass is 402 g/mol. The van der Waals surface area contributed by atoms with Crippen molar-refractivity contribution in [3.8, 4) is 0 Å². The Kier molecular flexibility index (Phi) is 5.67. The number of nitrogens with one attached hydrogen (secondary N) is 1. The Morgan fingerprint density at radius 3 is 2.48 bits per heavy atom. The van der Waals surface area contributed by atoms with Crippen LogP contribution in [0.4, 0.5) is 11.4 Å². The van der Waals surface area contributed by atoms with Crippen LogP contribution in [0.15, 0.2) is 83.8 Å². The van der Waals surface area contributed by atoms with Crippen molar-refractivity contribution < 1.29 is 9.59 Å². The molecule has 4 rings (SSSR count). The summed E-state index contributed by atoms with van der Waals surface area (Å²) in [5, 5.41) is 2.96. The Balaban J connectivity index is 1.59. The van der Waals surface area contributed by atoms with E-state index < -0.39 is 0 Å². The average Bonchev–Trinajstić information content (AvgIpc) is 2.87. The Labute approximate surface area is 174 Å². The minimum Gasteiger partial charge on any atom is -0.324 e. The second kappa shape index (κ2) is 8.53. The fourth-order valence-corrected chi connectivity index (χ4v) is 4.73. The number of carbonyl (C=O) groups excluding carboxylic acids is 2. The number of thioether (sulfide) groups is 1. The van der Waals surface area contributed by atoms with Crippen LogP contribution in [0.2, 0.25) is 0 Å². The first kappa shape index (κ1) is 19.3. The fourth-order valence-electron chi connectivity index (χ4n) is 3.45. The van der Waals surface area contributed by atoms with Crippen LogP contribution in [-0.4, -0.2) is 18.4 Å². The molecule has 1 heterocycles. The lowest BCUT2D eigenvalue weighted by Gasteiger charge is -2.22. The molecule has 3 aromatic carbocycles. The van der Waals surface area contributed by atoms with Crippen LogP contribution in [0.3, 0.4) is 0 Å². The second-order valence-electron chi connectivity index (χ2n) is 7.03. The van der Waals surface area contributed by atoms with Gasteiger partial charge in [0, 0.05) is 22.3 Å². The molecule has 3 aromatic rings. The van der Waals surface area contributed by atoms with E-state index in [1.807, 2.05) is 85.8 Å². The number of carbonyl (C=O) groups is 2. The lowest BCUT2D eigenvalue weighted by Crippen LogP contribution is -2.38. The van der Waals surface area contributed by atoms with E-state index in [9.17, 15) is 9.59 Å². The number of anilines is 2. The number of hydrogen-bond acceptors (Lipinski definition) is 3. The van der Waals surface area contributed by atoms with E-state index in [-0.39, 0.29) is 23.6 Å². The average molecular weight is 403 g/mol. The van der Waals surface area contributed by atoms with Crippen molar-refractivity contribution in [2.75, 3.05) is 16.8 Å².